The number of aromatic nitrogens is 3. The van der Waals surface area contributed by atoms with Crippen LogP contribution in [0.5, 0.6) is 0 Å². The molecule has 0 saturated carbocycles. The molecule has 0 radical (unpaired) electrons. The van der Waals surface area contributed by atoms with Gasteiger partial charge in [0.2, 0.25) is 0 Å². The molecule has 8 aliphatic carbocycles. The van der Waals surface area contributed by atoms with Crippen molar-refractivity contribution in [2.75, 3.05) is 0 Å². The Balaban J connectivity index is 0.862. The molecule has 3 heteroatoms. The molecule has 0 amide bonds. The molecule has 3 spiro atoms. The molecule has 3 atom stereocenters. The first-order valence-corrected chi connectivity index (χ1v) is 28.8. The van der Waals surface area contributed by atoms with E-state index in [9.17, 15) is 0 Å². The van der Waals surface area contributed by atoms with Gasteiger partial charge in [0.1, 0.15) is 0 Å². The van der Waals surface area contributed by atoms with Crippen LogP contribution in [0.2, 0.25) is 0 Å². The lowest BCUT2D eigenvalue weighted by atomic mass is 9.63. The summed E-state index contributed by atoms with van der Waals surface area (Å²) in [6.07, 6.45) is 16.4. The molecular weight excluding hydrogens is 979 g/mol. The van der Waals surface area contributed by atoms with Gasteiger partial charge < -0.3 is 0 Å². The van der Waals surface area contributed by atoms with Crippen LogP contribution in [0.3, 0.4) is 0 Å². The smallest absolute Gasteiger partial charge is 0.164 e. The third kappa shape index (κ3) is 5.29. The van der Waals surface area contributed by atoms with E-state index in [4.69, 9.17) is 15.0 Å². The number of fused-ring (bicyclic) bond motifs is 29. The van der Waals surface area contributed by atoms with Crippen molar-refractivity contribution in [2.45, 2.75) is 29.1 Å². The van der Waals surface area contributed by atoms with E-state index in [0.29, 0.717) is 23.4 Å². The van der Waals surface area contributed by atoms with Crippen molar-refractivity contribution in [1.29, 1.82) is 0 Å². The van der Waals surface area contributed by atoms with Crippen molar-refractivity contribution in [1.82, 2.24) is 15.0 Å². The Morgan fingerprint density at radius 3 is 1.07 bits per heavy atom. The third-order valence-electron chi connectivity index (χ3n) is 20.2. The molecule has 0 N–H and O–H groups in total. The first-order valence-electron chi connectivity index (χ1n) is 28.8. The van der Waals surface area contributed by atoms with Gasteiger partial charge in [0.05, 0.1) is 16.2 Å². The normalized spacial score (nSPS) is 19.8. The molecule has 3 unspecified atom stereocenters. The molecule has 0 fully saturated rings. The van der Waals surface area contributed by atoms with Crippen molar-refractivity contribution in [2.24, 2.45) is 11.8 Å². The maximum Gasteiger partial charge on any atom is 0.164 e. The van der Waals surface area contributed by atoms with Crippen molar-refractivity contribution < 1.29 is 0 Å². The second kappa shape index (κ2) is 15.7. The van der Waals surface area contributed by atoms with E-state index in [0.717, 1.165) is 29.5 Å². The first kappa shape index (κ1) is 44.1. The SMILES string of the molecule is C1=CC2C3=C(CCC=C3)C3(c4ccccc4-c4ccc(-c5nc(-c6ccc7c(c6)C6(c8ccccc8-c8ccccc86)c6ccccc6-7)nc(-c6ccc7c(c6)C6(c8ccccc8-c8ccccc86)c6ccccc6-7)n5)cc43)C2C=C1. The van der Waals surface area contributed by atoms with Crippen LogP contribution in [-0.2, 0) is 16.2 Å². The summed E-state index contributed by atoms with van der Waals surface area (Å²) in [5.41, 5.74) is 30.5. The Bertz CT molecular complexity index is 4470. The van der Waals surface area contributed by atoms with Crippen LogP contribution in [0, 0.1) is 11.8 Å². The van der Waals surface area contributed by atoms with E-state index in [1.165, 1.54) is 117 Å². The topological polar surface area (TPSA) is 38.7 Å². The number of hydrogen-bond donors (Lipinski definition) is 0. The number of hydrogen-bond acceptors (Lipinski definition) is 3. The summed E-state index contributed by atoms with van der Waals surface area (Å²) in [7, 11) is 0. The van der Waals surface area contributed by atoms with Gasteiger partial charge in [-0.05, 0) is 148 Å². The summed E-state index contributed by atoms with van der Waals surface area (Å²) in [4.78, 5) is 17.1. The zero-order valence-corrected chi connectivity index (χ0v) is 44.2. The third-order valence-corrected chi connectivity index (χ3v) is 20.2. The zero-order chi connectivity index (χ0) is 52.8. The number of allylic oxidation sites excluding steroid dienone is 8. The van der Waals surface area contributed by atoms with Gasteiger partial charge in [-0.15, -0.1) is 0 Å². The second-order valence-corrected chi connectivity index (χ2v) is 23.4. The monoisotopic (exact) mass is 1030 g/mol. The van der Waals surface area contributed by atoms with Crippen LogP contribution in [0.4, 0.5) is 0 Å². The molecule has 3 nitrogen and oxygen atoms in total. The minimum absolute atomic E-state index is 0.250. The van der Waals surface area contributed by atoms with Gasteiger partial charge in [0, 0.05) is 28.5 Å². The molecule has 8 aliphatic rings. The first-order chi connectivity index (χ1) is 40.2. The van der Waals surface area contributed by atoms with Gasteiger partial charge in [-0.25, -0.2) is 15.0 Å². The lowest BCUT2D eigenvalue weighted by molar-refractivity contribution is 0.425. The average Bonchev–Trinajstić information content (AvgIpc) is 2.30. The molecule has 0 saturated heterocycles. The summed E-state index contributed by atoms with van der Waals surface area (Å²) in [6, 6.07) is 84.6. The molecule has 0 aliphatic heterocycles. The summed E-state index contributed by atoms with van der Waals surface area (Å²) in [5.74, 6) is 2.53. The molecule has 1 heterocycles. The highest BCUT2D eigenvalue weighted by atomic mass is 15.0. The van der Waals surface area contributed by atoms with Crippen LogP contribution < -0.4 is 0 Å². The molecule has 10 aromatic carbocycles. The minimum atomic E-state index is -0.516. The largest absolute Gasteiger partial charge is 0.208 e. The lowest BCUT2D eigenvalue weighted by Gasteiger charge is -2.38. The minimum Gasteiger partial charge on any atom is -0.208 e. The highest BCUT2D eigenvalue weighted by molar-refractivity contribution is 5.98. The number of nitrogens with zero attached hydrogens (tertiary/aromatic N) is 3. The van der Waals surface area contributed by atoms with E-state index < -0.39 is 10.8 Å². The van der Waals surface area contributed by atoms with Gasteiger partial charge in [-0.3, -0.25) is 0 Å². The molecular formula is C78H49N3. The van der Waals surface area contributed by atoms with Crippen molar-refractivity contribution in [3.63, 3.8) is 0 Å². The van der Waals surface area contributed by atoms with Gasteiger partial charge in [-0.2, -0.15) is 0 Å². The predicted molar refractivity (Wildman–Crippen MR) is 326 cm³/mol. The summed E-state index contributed by atoms with van der Waals surface area (Å²) in [5, 5.41) is 0. The van der Waals surface area contributed by atoms with Gasteiger partial charge in [0.25, 0.3) is 0 Å². The Morgan fingerprint density at radius 1 is 0.321 bits per heavy atom. The number of benzene rings is 10. The Labute approximate surface area is 470 Å². The van der Waals surface area contributed by atoms with Crippen molar-refractivity contribution >= 4 is 0 Å². The summed E-state index contributed by atoms with van der Waals surface area (Å²) >= 11 is 0. The van der Waals surface area contributed by atoms with Crippen molar-refractivity contribution in [3.05, 3.63) is 328 Å². The van der Waals surface area contributed by atoms with Gasteiger partial charge in [-0.1, -0.05) is 248 Å². The summed E-state index contributed by atoms with van der Waals surface area (Å²) in [6.45, 7) is 0. The van der Waals surface area contributed by atoms with Crippen LogP contribution in [0.15, 0.2) is 272 Å². The number of rotatable bonds is 3. The van der Waals surface area contributed by atoms with E-state index in [2.05, 4.69) is 261 Å². The van der Waals surface area contributed by atoms with Crippen LogP contribution >= 0.6 is 0 Å². The van der Waals surface area contributed by atoms with Crippen LogP contribution in [0.25, 0.3) is 89.8 Å². The van der Waals surface area contributed by atoms with Crippen LogP contribution in [0.1, 0.15) is 68.5 Å². The molecule has 81 heavy (non-hydrogen) atoms. The van der Waals surface area contributed by atoms with E-state index >= 15 is 0 Å². The fourth-order valence-corrected chi connectivity index (χ4v) is 17.3. The zero-order valence-electron chi connectivity index (χ0n) is 44.2. The highest BCUT2D eigenvalue weighted by Gasteiger charge is 2.58. The molecule has 0 bridgehead atoms. The predicted octanol–water partition coefficient (Wildman–Crippen LogP) is 17.8. The van der Waals surface area contributed by atoms with Crippen molar-refractivity contribution in [3.8, 4) is 89.8 Å². The summed E-state index contributed by atoms with van der Waals surface area (Å²) < 4.78 is 0. The van der Waals surface area contributed by atoms with E-state index in [1.807, 2.05) is 0 Å². The average molecular weight is 1030 g/mol. The molecule has 376 valence electrons. The molecule has 1 aromatic heterocycles. The maximum atomic E-state index is 5.70. The molecule has 11 aromatic rings. The van der Waals surface area contributed by atoms with Crippen LogP contribution in [-0.4, -0.2) is 15.0 Å². The van der Waals surface area contributed by atoms with Gasteiger partial charge >= 0.3 is 0 Å². The molecule has 19 rings (SSSR count). The Hall–Kier alpha value is -9.83. The van der Waals surface area contributed by atoms with E-state index in [1.54, 1.807) is 5.57 Å². The fourth-order valence-electron chi connectivity index (χ4n) is 17.3. The van der Waals surface area contributed by atoms with Gasteiger partial charge in [0.15, 0.2) is 17.5 Å². The second-order valence-electron chi connectivity index (χ2n) is 23.4. The standard InChI is InChI=1S/C78H49N3/c1-10-28-61-49(19-1)50-20-2-11-29-62(50)76(61)67-34-16-7-25-55(67)58-40-37-46(43-70(58)76)73-79-74(47-38-41-59-56-26-8-17-35-68(56)77(71(59)44-47)63-30-12-3-21-51(63)52-22-4-13-31-64(52)77)81-75(80-73)48-39-42-60-57-27-9-18-36-69(57)78(72(60)45-48)65-32-14-5-23-53(65)54-24-6-15-33-66(54)78/h1-14,16-32,34-45,53,65H,15,33H2. The quantitative estimate of drug-likeness (QED) is 0.177. The Morgan fingerprint density at radius 2 is 0.654 bits per heavy atom. The highest BCUT2D eigenvalue weighted by Crippen LogP contribution is 2.68. The fraction of sp³-hybridized carbons (Fsp3) is 0.0897. The Kier molecular flexibility index (Phi) is 8.55. The maximum absolute atomic E-state index is 5.70. The van der Waals surface area contributed by atoms with E-state index in [-0.39, 0.29) is 11.3 Å². The lowest BCUT2D eigenvalue weighted by Crippen LogP contribution is -2.35.